The van der Waals surface area contributed by atoms with Crippen molar-refractivity contribution < 1.29 is 9.53 Å². The van der Waals surface area contributed by atoms with E-state index in [1.165, 1.54) is 0 Å². The lowest BCUT2D eigenvalue weighted by molar-refractivity contribution is 0.112. The summed E-state index contributed by atoms with van der Waals surface area (Å²) < 4.78 is 6.43. The van der Waals surface area contributed by atoms with E-state index in [4.69, 9.17) is 4.74 Å². The first-order valence-electron chi connectivity index (χ1n) is 4.06. The van der Waals surface area contributed by atoms with E-state index in [1.54, 1.807) is 12.4 Å². The number of aldehydes is 1. The van der Waals surface area contributed by atoms with E-state index in [0.717, 1.165) is 28.4 Å². The van der Waals surface area contributed by atoms with Crippen molar-refractivity contribution in [1.29, 1.82) is 0 Å². The standard InChI is InChI=1S/C9H8INO2/c10-9-6(5-12)3-11-4-8(9)13-7-1-2-7/h3-5,7H,1-2H2. The largest absolute Gasteiger partial charge is 0.488 e. The molecule has 0 N–H and O–H groups in total. The molecule has 1 fully saturated rings. The fourth-order valence-electron chi connectivity index (χ4n) is 0.971. The number of pyridine rings is 1. The third-order valence-corrected chi connectivity index (χ3v) is 2.97. The average Bonchev–Trinajstić information content (AvgIpc) is 2.92. The Bertz CT molecular complexity index is 336. The van der Waals surface area contributed by atoms with Gasteiger partial charge in [0.15, 0.2) is 12.0 Å². The van der Waals surface area contributed by atoms with Crippen molar-refractivity contribution in [3.8, 4) is 5.75 Å². The topological polar surface area (TPSA) is 39.2 Å². The summed E-state index contributed by atoms with van der Waals surface area (Å²) in [5.74, 6) is 0.729. The van der Waals surface area contributed by atoms with Crippen molar-refractivity contribution in [1.82, 2.24) is 4.98 Å². The van der Waals surface area contributed by atoms with Crippen molar-refractivity contribution in [2.75, 3.05) is 0 Å². The number of carbonyl (C=O) groups is 1. The highest BCUT2D eigenvalue weighted by atomic mass is 127. The van der Waals surface area contributed by atoms with Crippen LogP contribution in [0, 0.1) is 3.57 Å². The van der Waals surface area contributed by atoms with Crippen LogP contribution < -0.4 is 4.74 Å². The third-order valence-electron chi connectivity index (χ3n) is 1.82. The quantitative estimate of drug-likeness (QED) is 0.631. The monoisotopic (exact) mass is 289 g/mol. The lowest BCUT2D eigenvalue weighted by Gasteiger charge is -2.06. The molecule has 0 aromatic carbocycles. The maximum Gasteiger partial charge on any atom is 0.152 e. The zero-order chi connectivity index (χ0) is 9.26. The summed E-state index contributed by atoms with van der Waals surface area (Å²) >= 11 is 2.11. The molecule has 1 heterocycles. The molecule has 13 heavy (non-hydrogen) atoms. The van der Waals surface area contributed by atoms with Gasteiger partial charge in [0.2, 0.25) is 0 Å². The summed E-state index contributed by atoms with van der Waals surface area (Å²) in [6.07, 6.45) is 6.58. The molecule has 0 aliphatic heterocycles. The molecule has 3 nitrogen and oxygen atoms in total. The first-order chi connectivity index (χ1) is 6.31. The van der Waals surface area contributed by atoms with Gasteiger partial charge < -0.3 is 4.74 Å². The smallest absolute Gasteiger partial charge is 0.152 e. The summed E-state index contributed by atoms with van der Waals surface area (Å²) in [7, 11) is 0. The second kappa shape index (κ2) is 3.61. The number of carbonyl (C=O) groups excluding carboxylic acids is 1. The van der Waals surface area contributed by atoms with Crippen LogP contribution in [0.5, 0.6) is 5.75 Å². The summed E-state index contributed by atoms with van der Waals surface area (Å²) in [6.45, 7) is 0. The minimum absolute atomic E-state index is 0.345. The minimum Gasteiger partial charge on any atom is -0.488 e. The Balaban J connectivity index is 2.27. The van der Waals surface area contributed by atoms with Crippen LogP contribution in [0.2, 0.25) is 0 Å². The first kappa shape index (κ1) is 8.93. The van der Waals surface area contributed by atoms with E-state index in [9.17, 15) is 4.79 Å². The molecule has 68 valence electrons. The highest BCUT2D eigenvalue weighted by Crippen LogP contribution is 2.30. The molecule has 0 amide bonds. The lowest BCUT2D eigenvalue weighted by Crippen LogP contribution is -2.00. The number of hydrogen-bond donors (Lipinski definition) is 0. The Hall–Kier alpha value is -0.650. The maximum atomic E-state index is 10.6. The molecule has 1 aliphatic rings. The van der Waals surface area contributed by atoms with Gasteiger partial charge in [-0.1, -0.05) is 0 Å². The van der Waals surface area contributed by atoms with E-state index in [2.05, 4.69) is 27.6 Å². The van der Waals surface area contributed by atoms with Gasteiger partial charge in [-0.2, -0.15) is 0 Å². The van der Waals surface area contributed by atoms with Crippen molar-refractivity contribution in [3.05, 3.63) is 21.5 Å². The molecule has 0 bridgehead atoms. The molecular formula is C9H8INO2. The van der Waals surface area contributed by atoms with Crippen LogP contribution in [-0.2, 0) is 0 Å². The summed E-state index contributed by atoms with van der Waals surface area (Å²) in [5.41, 5.74) is 0.596. The SMILES string of the molecule is O=Cc1cncc(OC2CC2)c1I. The van der Waals surface area contributed by atoms with Gasteiger partial charge in [-0.15, -0.1) is 0 Å². The summed E-state index contributed by atoms with van der Waals surface area (Å²) in [6, 6.07) is 0. The predicted molar refractivity (Wildman–Crippen MR) is 56.0 cm³/mol. The van der Waals surface area contributed by atoms with Gasteiger partial charge in [0.05, 0.1) is 15.9 Å². The number of aromatic nitrogens is 1. The van der Waals surface area contributed by atoms with Crippen LogP contribution >= 0.6 is 22.6 Å². The Labute approximate surface area is 89.6 Å². The molecule has 0 radical (unpaired) electrons. The second-order valence-corrected chi connectivity index (χ2v) is 4.05. The molecular weight excluding hydrogens is 281 g/mol. The van der Waals surface area contributed by atoms with Crippen LogP contribution in [0.4, 0.5) is 0 Å². The van der Waals surface area contributed by atoms with Crippen LogP contribution in [0.15, 0.2) is 12.4 Å². The Morgan fingerprint density at radius 3 is 2.92 bits per heavy atom. The zero-order valence-electron chi connectivity index (χ0n) is 6.87. The molecule has 1 saturated carbocycles. The van der Waals surface area contributed by atoms with E-state index in [1.807, 2.05) is 0 Å². The molecule has 2 rings (SSSR count). The van der Waals surface area contributed by atoms with Gasteiger partial charge in [-0.3, -0.25) is 9.78 Å². The molecule has 0 atom stereocenters. The van der Waals surface area contributed by atoms with E-state index < -0.39 is 0 Å². The fourth-order valence-corrected chi connectivity index (χ4v) is 1.50. The molecule has 4 heteroatoms. The minimum atomic E-state index is 0.345. The van der Waals surface area contributed by atoms with Crippen LogP contribution in [0.3, 0.4) is 0 Å². The molecule has 0 saturated heterocycles. The van der Waals surface area contributed by atoms with Crippen LogP contribution in [0.1, 0.15) is 23.2 Å². The number of hydrogen-bond acceptors (Lipinski definition) is 3. The van der Waals surface area contributed by atoms with Crippen LogP contribution in [0.25, 0.3) is 0 Å². The predicted octanol–water partition coefficient (Wildman–Crippen LogP) is 2.04. The maximum absolute atomic E-state index is 10.6. The normalized spacial score (nSPS) is 15.5. The number of rotatable bonds is 3. The van der Waals surface area contributed by atoms with Gasteiger partial charge in [-0.05, 0) is 35.4 Å². The van der Waals surface area contributed by atoms with Crippen molar-refractivity contribution in [2.45, 2.75) is 18.9 Å². The molecule has 1 aromatic rings. The van der Waals surface area contributed by atoms with Crippen molar-refractivity contribution >= 4 is 28.9 Å². The van der Waals surface area contributed by atoms with Gasteiger partial charge in [0.25, 0.3) is 0 Å². The molecule has 1 aromatic heterocycles. The first-order valence-corrected chi connectivity index (χ1v) is 5.14. The van der Waals surface area contributed by atoms with Gasteiger partial charge in [0.1, 0.15) is 0 Å². The number of halogens is 1. The lowest BCUT2D eigenvalue weighted by atomic mass is 10.3. The molecule has 0 spiro atoms. The van der Waals surface area contributed by atoms with E-state index >= 15 is 0 Å². The number of nitrogens with zero attached hydrogens (tertiary/aromatic N) is 1. The molecule has 1 aliphatic carbocycles. The average molecular weight is 289 g/mol. The Kier molecular flexibility index (Phi) is 2.48. The highest BCUT2D eigenvalue weighted by molar-refractivity contribution is 14.1. The van der Waals surface area contributed by atoms with Gasteiger partial charge in [-0.25, -0.2) is 0 Å². The molecule has 0 unspecified atom stereocenters. The van der Waals surface area contributed by atoms with Gasteiger partial charge >= 0.3 is 0 Å². The van der Waals surface area contributed by atoms with E-state index in [0.29, 0.717) is 11.7 Å². The highest BCUT2D eigenvalue weighted by Gasteiger charge is 2.24. The Morgan fingerprint density at radius 2 is 2.31 bits per heavy atom. The van der Waals surface area contributed by atoms with Gasteiger partial charge in [0, 0.05) is 11.8 Å². The van der Waals surface area contributed by atoms with Crippen molar-refractivity contribution in [3.63, 3.8) is 0 Å². The summed E-state index contributed by atoms with van der Waals surface area (Å²) in [4.78, 5) is 14.5. The van der Waals surface area contributed by atoms with Crippen molar-refractivity contribution in [2.24, 2.45) is 0 Å². The van der Waals surface area contributed by atoms with Crippen LogP contribution in [-0.4, -0.2) is 17.4 Å². The second-order valence-electron chi connectivity index (χ2n) is 2.98. The Morgan fingerprint density at radius 1 is 1.54 bits per heavy atom. The fraction of sp³-hybridized carbons (Fsp3) is 0.333. The summed E-state index contributed by atoms with van der Waals surface area (Å²) in [5, 5.41) is 0. The third kappa shape index (κ3) is 1.99. The van der Waals surface area contributed by atoms with E-state index in [-0.39, 0.29) is 0 Å². The zero-order valence-corrected chi connectivity index (χ0v) is 9.02. The number of ether oxygens (including phenoxy) is 1.